The number of rotatable bonds is 19. The van der Waals surface area contributed by atoms with Crippen LogP contribution >= 0.6 is 0 Å². The number of unbranched alkanes of at least 4 members (excludes halogenated alkanes) is 12. The van der Waals surface area contributed by atoms with Gasteiger partial charge in [-0.2, -0.15) is 0 Å². The second-order valence-corrected chi connectivity index (χ2v) is 9.10. The van der Waals surface area contributed by atoms with E-state index in [0.29, 0.717) is 6.42 Å². The van der Waals surface area contributed by atoms with E-state index in [0.717, 1.165) is 30.3 Å². The van der Waals surface area contributed by atoms with Gasteiger partial charge in [-0.25, -0.2) is 0 Å². The van der Waals surface area contributed by atoms with Crippen molar-refractivity contribution in [3.63, 3.8) is 0 Å². The molecule has 0 N–H and O–H groups in total. The Morgan fingerprint density at radius 2 is 1.30 bits per heavy atom. The summed E-state index contributed by atoms with van der Waals surface area (Å²) in [6, 6.07) is 0. The smallest absolute Gasteiger partial charge is 0.306 e. The van der Waals surface area contributed by atoms with Gasteiger partial charge in [0.15, 0.2) is 6.10 Å². The molecular weight excluding hydrogens is 334 g/mol. The monoisotopic (exact) mass is 382 g/mol. The Morgan fingerprint density at radius 1 is 0.852 bits per heavy atom. The number of hydrogen-bond donors (Lipinski definition) is 0. The molecule has 0 aromatic carbocycles. The lowest BCUT2D eigenvalue weighted by Gasteiger charge is -2.28. The van der Waals surface area contributed by atoms with Gasteiger partial charge in [0.05, 0.1) is 21.1 Å². The van der Waals surface area contributed by atoms with Crippen molar-refractivity contribution in [2.45, 2.75) is 109 Å². The van der Waals surface area contributed by atoms with Crippen molar-refractivity contribution < 1.29 is 14.0 Å². The molecule has 1 unspecified atom stereocenters. The fraction of sp³-hybridized carbons (Fsp3) is 0.875. The first-order chi connectivity index (χ1) is 12.9. The molecular formula is C24H48NO2+. The highest BCUT2D eigenvalue weighted by molar-refractivity contribution is 5.69. The zero-order chi connectivity index (χ0) is 20.4. The number of likely N-dealkylation sites (N-methyl/N-ethyl adjacent to an activating group) is 1. The summed E-state index contributed by atoms with van der Waals surface area (Å²) in [6.45, 7) is 6.88. The molecule has 0 amide bonds. The molecule has 0 aliphatic heterocycles. The van der Waals surface area contributed by atoms with Crippen LogP contribution in [-0.2, 0) is 9.53 Å². The van der Waals surface area contributed by atoms with E-state index < -0.39 is 0 Å². The molecule has 0 radical (unpaired) electrons. The van der Waals surface area contributed by atoms with Crippen LogP contribution in [-0.4, -0.2) is 44.2 Å². The Labute approximate surface area is 170 Å². The Kier molecular flexibility index (Phi) is 16.7. The largest absolute Gasteiger partial charge is 0.456 e. The number of carbonyl (C=O) groups excluding carboxylic acids is 1. The van der Waals surface area contributed by atoms with E-state index in [2.05, 4.69) is 34.6 Å². The van der Waals surface area contributed by atoms with Crippen LogP contribution in [0.2, 0.25) is 0 Å². The van der Waals surface area contributed by atoms with E-state index in [-0.39, 0.29) is 12.1 Å². The van der Waals surface area contributed by atoms with Gasteiger partial charge >= 0.3 is 5.97 Å². The van der Waals surface area contributed by atoms with Crippen molar-refractivity contribution in [2.24, 2.45) is 0 Å². The van der Waals surface area contributed by atoms with Crippen molar-refractivity contribution in [3.05, 3.63) is 12.7 Å². The zero-order valence-electron chi connectivity index (χ0n) is 18.9. The fourth-order valence-corrected chi connectivity index (χ4v) is 3.49. The van der Waals surface area contributed by atoms with Gasteiger partial charge < -0.3 is 9.22 Å². The van der Waals surface area contributed by atoms with E-state index in [1.165, 1.54) is 70.6 Å². The van der Waals surface area contributed by atoms with Crippen molar-refractivity contribution in [1.82, 2.24) is 0 Å². The normalized spacial score (nSPS) is 12.7. The van der Waals surface area contributed by atoms with Crippen LogP contribution in [0, 0.1) is 0 Å². The molecule has 0 rings (SSSR count). The summed E-state index contributed by atoms with van der Waals surface area (Å²) >= 11 is 0. The van der Waals surface area contributed by atoms with E-state index in [1.807, 2.05) is 6.08 Å². The highest BCUT2D eigenvalue weighted by Crippen LogP contribution is 2.14. The minimum atomic E-state index is -0.0445. The van der Waals surface area contributed by atoms with E-state index >= 15 is 0 Å². The second kappa shape index (κ2) is 17.3. The lowest BCUT2D eigenvalue weighted by atomic mass is 10.0. The molecule has 0 saturated heterocycles. The first-order valence-corrected chi connectivity index (χ1v) is 11.5. The molecule has 0 spiro atoms. The second-order valence-electron chi connectivity index (χ2n) is 9.10. The quantitative estimate of drug-likeness (QED) is 0.108. The number of esters is 1. The van der Waals surface area contributed by atoms with Crippen molar-refractivity contribution >= 4 is 5.97 Å². The summed E-state index contributed by atoms with van der Waals surface area (Å²) in [5, 5.41) is 0. The van der Waals surface area contributed by atoms with E-state index in [9.17, 15) is 4.79 Å². The maximum absolute atomic E-state index is 12.1. The molecule has 0 fully saturated rings. The minimum Gasteiger partial charge on any atom is -0.456 e. The molecule has 27 heavy (non-hydrogen) atoms. The third-order valence-corrected chi connectivity index (χ3v) is 4.96. The molecule has 0 bridgehead atoms. The van der Waals surface area contributed by atoms with Crippen LogP contribution in [0.1, 0.15) is 103 Å². The summed E-state index contributed by atoms with van der Waals surface area (Å²) < 4.78 is 6.44. The van der Waals surface area contributed by atoms with Crippen LogP contribution in [0.4, 0.5) is 0 Å². The molecule has 0 aliphatic rings. The predicted octanol–water partition coefficient (Wildman–Crippen LogP) is 6.66. The van der Waals surface area contributed by atoms with Crippen molar-refractivity contribution in [2.75, 3.05) is 27.7 Å². The molecule has 3 heteroatoms. The Bertz CT molecular complexity index is 360. The Morgan fingerprint density at radius 3 is 1.70 bits per heavy atom. The van der Waals surface area contributed by atoms with Gasteiger partial charge in [0, 0.05) is 12.8 Å². The lowest BCUT2D eigenvalue weighted by Crippen LogP contribution is -2.42. The van der Waals surface area contributed by atoms with Crippen molar-refractivity contribution in [3.8, 4) is 0 Å². The van der Waals surface area contributed by atoms with E-state index in [1.54, 1.807) is 0 Å². The van der Waals surface area contributed by atoms with Crippen LogP contribution in [0.5, 0.6) is 0 Å². The van der Waals surface area contributed by atoms with Gasteiger partial charge in [-0.05, 0) is 6.42 Å². The third-order valence-electron chi connectivity index (χ3n) is 4.96. The molecule has 3 nitrogen and oxygen atoms in total. The van der Waals surface area contributed by atoms with Gasteiger partial charge in [0.25, 0.3) is 0 Å². The number of quaternary nitrogens is 1. The molecule has 0 heterocycles. The molecule has 1 atom stereocenters. The summed E-state index contributed by atoms with van der Waals surface area (Å²) in [4.78, 5) is 12.1. The summed E-state index contributed by atoms with van der Waals surface area (Å²) in [6.07, 6.45) is 20.3. The highest BCUT2D eigenvalue weighted by atomic mass is 16.5. The maximum Gasteiger partial charge on any atom is 0.306 e. The number of ether oxygens (including phenoxy) is 1. The summed E-state index contributed by atoms with van der Waals surface area (Å²) in [7, 11) is 6.36. The zero-order valence-corrected chi connectivity index (χ0v) is 18.9. The van der Waals surface area contributed by atoms with Crippen LogP contribution < -0.4 is 0 Å². The SMILES string of the molecule is C=CCC(C[N+](C)(C)C)OC(=O)CCCCCCCCCCCCCCC. The van der Waals surface area contributed by atoms with E-state index in [4.69, 9.17) is 4.74 Å². The topological polar surface area (TPSA) is 26.3 Å². The third kappa shape index (κ3) is 19.7. The molecule has 160 valence electrons. The van der Waals surface area contributed by atoms with Gasteiger partial charge in [-0.15, -0.1) is 6.58 Å². The maximum atomic E-state index is 12.1. The Balaban J connectivity index is 3.53. The number of nitrogens with zero attached hydrogens (tertiary/aromatic N) is 1. The highest BCUT2D eigenvalue weighted by Gasteiger charge is 2.20. The first kappa shape index (κ1) is 26.2. The lowest BCUT2D eigenvalue weighted by molar-refractivity contribution is -0.873. The molecule has 0 aromatic heterocycles. The van der Waals surface area contributed by atoms with Gasteiger partial charge in [0.1, 0.15) is 6.54 Å². The minimum absolute atomic E-state index is 0.0432. The summed E-state index contributed by atoms with van der Waals surface area (Å²) in [5.41, 5.74) is 0. The first-order valence-electron chi connectivity index (χ1n) is 11.5. The molecule has 0 saturated carbocycles. The predicted molar refractivity (Wildman–Crippen MR) is 118 cm³/mol. The Hall–Kier alpha value is -0.830. The summed E-state index contributed by atoms with van der Waals surface area (Å²) in [5.74, 6) is -0.0432. The number of carbonyl (C=O) groups is 1. The van der Waals surface area contributed by atoms with Crippen LogP contribution in [0.25, 0.3) is 0 Å². The van der Waals surface area contributed by atoms with Gasteiger partial charge in [-0.1, -0.05) is 90.0 Å². The molecule has 0 aromatic rings. The van der Waals surface area contributed by atoms with Crippen LogP contribution in [0.15, 0.2) is 12.7 Å². The van der Waals surface area contributed by atoms with Crippen molar-refractivity contribution in [1.29, 1.82) is 0 Å². The van der Waals surface area contributed by atoms with Gasteiger partial charge in [0.2, 0.25) is 0 Å². The number of hydrogen-bond acceptors (Lipinski definition) is 2. The average molecular weight is 383 g/mol. The van der Waals surface area contributed by atoms with Gasteiger partial charge in [-0.3, -0.25) is 4.79 Å². The fourth-order valence-electron chi connectivity index (χ4n) is 3.49. The van der Waals surface area contributed by atoms with Crippen LogP contribution in [0.3, 0.4) is 0 Å². The molecule has 0 aliphatic carbocycles. The standard InChI is InChI=1S/C24H48NO2/c1-6-8-9-10-11-12-13-14-15-16-17-18-19-21-24(26)27-23(20-7-2)22-25(3,4)5/h7,23H,2,6,8-22H2,1,3-5H3/q+1. The average Bonchev–Trinajstić information content (AvgIpc) is 2.57.